The molecule has 0 aliphatic heterocycles. The van der Waals surface area contributed by atoms with E-state index in [1.54, 1.807) is 24.4 Å². The smallest absolute Gasteiger partial charge is 0.257 e. The van der Waals surface area contributed by atoms with E-state index in [0.717, 1.165) is 18.4 Å². The van der Waals surface area contributed by atoms with E-state index in [2.05, 4.69) is 15.6 Å². The van der Waals surface area contributed by atoms with E-state index in [4.69, 9.17) is 10.5 Å². The Bertz CT molecular complexity index is 834. The van der Waals surface area contributed by atoms with Crippen molar-refractivity contribution in [1.82, 2.24) is 10.3 Å². The molecule has 0 bridgehead atoms. The number of ether oxygens (including phenoxy) is 1. The lowest BCUT2D eigenvalue weighted by molar-refractivity contribution is 0.0949. The van der Waals surface area contributed by atoms with Crippen LogP contribution in [0.1, 0.15) is 51.5 Å². The third-order valence-electron chi connectivity index (χ3n) is 4.44. The van der Waals surface area contributed by atoms with Gasteiger partial charge in [0.15, 0.2) is 0 Å². The highest BCUT2D eigenvalue weighted by Crippen LogP contribution is 2.39. The van der Waals surface area contributed by atoms with E-state index >= 15 is 0 Å². The molecule has 1 fully saturated rings. The number of carbonyl (C=O) groups excluding carboxylic acids is 2. The van der Waals surface area contributed by atoms with Crippen LogP contribution in [-0.4, -0.2) is 37.0 Å². The van der Waals surface area contributed by atoms with Gasteiger partial charge in [-0.2, -0.15) is 0 Å². The van der Waals surface area contributed by atoms with Crippen LogP contribution in [0, 0.1) is 0 Å². The van der Waals surface area contributed by atoms with Gasteiger partial charge in [0.05, 0.1) is 18.2 Å². The summed E-state index contributed by atoms with van der Waals surface area (Å²) < 4.78 is 5.26. The predicted molar refractivity (Wildman–Crippen MR) is 103 cm³/mol. The number of benzene rings is 1. The van der Waals surface area contributed by atoms with Crippen molar-refractivity contribution >= 4 is 17.5 Å². The van der Waals surface area contributed by atoms with Crippen molar-refractivity contribution < 1.29 is 14.3 Å². The molecular formula is C20H24N4O3. The molecule has 1 aliphatic carbocycles. The maximum absolute atomic E-state index is 12.6. The largest absolute Gasteiger partial charge is 0.496 e. The van der Waals surface area contributed by atoms with Crippen LogP contribution in [0.2, 0.25) is 0 Å². The SMILES string of the molecule is COc1ccc(NC(=O)c2cncc(C3CC3)c2)cc1C(=O)NCCCN. The highest BCUT2D eigenvalue weighted by atomic mass is 16.5. The summed E-state index contributed by atoms with van der Waals surface area (Å²) in [7, 11) is 1.50. The van der Waals surface area contributed by atoms with Crippen LogP contribution >= 0.6 is 0 Å². The Hall–Kier alpha value is -2.93. The number of carbonyl (C=O) groups is 2. The Morgan fingerprint density at radius 1 is 1.22 bits per heavy atom. The first kappa shape index (κ1) is 18.8. The highest BCUT2D eigenvalue weighted by molar-refractivity contribution is 6.05. The lowest BCUT2D eigenvalue weighted by atomic mass is 10.1. The van der Waals surface area contributed by atoms with Crippen LogP contribution in [0.15, 0.2) is 36.7 Å². The fourth-order valence-electron chi connectivity index (χ4n) is 2.79. The quantitative estimate of drug-likeness (QED) is 0.620. The zero-order valence-electron chi connectivity index (χ0n) is 15.3. The van der Waals surface area contributed by atoms with Gasteiger partial charge < -0.3 is 21.1 Å². The Balaban J connectivity index is 1.74. The number of hydrogen-bond donors (Lipinski definition) is 3. The van der Waals surface area contributed by atoms with Crippen LogP contribution in [0.4, 0.5) is 5.69 Å². The van der Waals surface area contributed by atoms with Crippen LogP contribution in [0.3, 0.4) is 0 Å². The molecule has 0 radical (unpaired) electrons. The normalized spacial score (nSPS) is 13.1. The molecule has 0 atom stereocenters. The Morgan fingerprint density at radius 2 is 2.04 bits per heavy atom. The monoisotopic (exact) mass is 368 g/mol. The standard InChI is InChI=1S/C20H24N4O3/c1-27-18-6-5-16(10-17(18)20(26)23-8-2-7-21)24-19(25)15-9-14(11-22-12-15)13-3-4-13/h5-6,9-13H,2-4,7-8,21H2,1H3,(H,23,26)(H,24,25). The summed E-state index contributed by atoms with van der Waals surface area (Å²) in [6.45, 7) is 0.982. The fourth-order valence-corrected chi connectivity index (χ4v) is 2.79. The second-order valence-electron chi connectivity index (χ2n) is 6.55. The molecule has 0 spiro atoms. The molecule has 7 heteroatoms. The number of nitrogens with zero attached hydrogens (tertiary/aromatic N) is 1. The van der Waals surface area contributed by atoms with E-state index in [1.807, 2.05) is 12.3 Å². The molecule has 3 rings (SSSR count). The van der Waals surface area contributed by atoms with Gasteiger partial charge in [0.25, 0.3) is 11.8 Å². The van der Waals surface area contributed by atoms with Crippen molar-refractivity contribution in [3.63, 3.8) is 0 Å². The number of nitrogens with two attached hydrogens (primary N) is 1. The van der Waals surface area contributed by atoms with Gasteiger partial charge in [-0.3, -0.25) is 14.6 Å². The average molecular weight is 368 g/mol. The first-order chi connectivity index (χ1) is 13.1. The number of rotatable bonds is 8. The van der Waals surface area contributed by atoms with E-state index in [-0.39, 0.29) is 11.8 Å². The zero-order valence-corrected chi connectivity index (χ0v) is 15.3. The van der Waals surface area contributed by atoms with Crippen molar-refractivity contribution in [1.29, 1.82) is 0 Å². The van der Waals surface area contributed by atoms with Crippen molar-refractivity contribution in [3.05, 3.63) is 53.3 Å². The molecule has 1 aromatic carbocycles. The van der Waals surface area contributed by atoms with E-state index in [0.29, 0.717) is 48.0 Å². The van der Waals surface area contributed by atoms with Gasteiger partial charge in [0.1, 0.15) is 5.75 Å². The molecule has 0 saturated heterocycles. The summed E-state index contributed by atoms with van der Waals surface area (Å²) in [5, 5.41) is 5.62. The summed E-state index contributed by atoms with van der Waals surface area (Å²) in [6.07, 6.45) is 6.34. The lowest BCUT2D eigenvalue weighted by Gasteiger charge is -2.12. The molecule has 142 valence electrons. The molecule has 0 unspecified atom stereocenters. The Morgan fingerprint density at radius 3 is 2.74 bits per heavy atom. The minimum atomic E-state index is -0.270. The molecular weight excluding hydrogens is 344 g/mol. The van der Waals surface area contributed by atoms with Crippen LogP contribution in [0.25, 0.3) is 0 Å². The van der Waals surface area contributed by atoms with E-state index in [9.17, 15) is 9.59 Å². The van der Waals surface area contributed by atoms with Crippen LogP contribution in [-0.2, 0) is 0 Å². The second kappa shape index (κ2) is 8.64. The van der Waals surface area contributed by atoms with Gasteiger partial charge in [-0.25, -0.2) is 0 Å². The maximum Gasteiger partial charge on any atom is 0.257 e. The summed E-state index contributed by atoms with van der Waals surface area (Å²) in [5.41, 5.74) is 7.92. The lowest BCUT2D eigenvalue weighted by Crippen LogP contribution is -2.26. The molecule has 1 aliphatic rings. The molecule has 2 amide bonds. The number of nitrogens with one attached hydrogen (secondary N) is 2. The van der Waals surface area contributed by atoms with Crippen molar-refractivity contribution in [2.75, 3.05) is 25.5 Å². The van der Waals surface area contributed by atoms with Gasteiger partial charge in [0, 0.05) is 24.6 Å². The summed E-state index contributed by atoms with van der Waals surface area (Å²) >= 11 is 0. The first-order valence-corrected chi connectivity index (χ1v) is 9.05. The first-order valence-electron chi connectivity index (χ1n) is 9.05. The van der Waals surface area contributed by atoms with E-state index < -0.39 is 0 Å². The van der Waals surface area contributed by atoms with Crippen LogP contribution < -0.4 is 21.1 Å². The molecule has 27 heavy (non-hydrogen) atoms. The minimum absolute atomic E-state index is 0.260. The summed E-state index contributed by atoms with van der Waals surface area (Å²) in [4.78, 5) is 29.1. The third-order valence-corrected chi connectivity index (χ3v) is 4.44. The Labute approximate surface area is 158 Å². The van der Waals surface area contributed by atoms with Gasteiger partial charge in [-0.15, -0.1) is 0 Å². The van der Waals surface area contributed by atoms with Crippen LogP contribution in [0.5, 0.6) is 5.75 Å². The molecule has 1 saturated carbocycles. The number of hydrogen-bond acceptors (Lipinski definition) is 5. The van der Waals surface area contributed by atoms with Gasteiger partial charge in [0.2, 0.25) is 0 Å². The van der Waals surface area contributed by atoms with Crippen molar-refractivity contribution in [2.24, 2.45) is 5.73 Å². The number of anilines is 1. The third kappa shape index (κ3) is 4.83. The number of methoxy groups -OCH3 is 1. The molecule has 2 aromatic rings. The minimum Gasteiger partial charge on any atom is -0.496 e. The fraction of sp³-hybridized carbons (Fsp3) is 0.350. The van der Waals surface area contributed by atoms with Gasteiger partial charge in [-0.1, -0.05) is 0 Å². The maximum atomic E-state index is 12.6. The van der Waals surface area contributed by atoms with Crippen molar-refractivity contribution in [2.45, 2.75) is 25.2 Å². The second-order valence-corrected chi connectivity index (χ2v) is 6.55. The topological polar surface area (TPSA) is 106 Å². The van der Waals surface area contributed by atoms with Gasteiger partial charge in [-0.05, 0) is 61.6 Å². The number of amides is 2. The molecule has 1 aromatic heterocycles. The average Bonchev–Trinajstić information content (AvgIpc) is 3.53. The molecule has 1 heterocycles. The Kier molecular flexibility index (Phi) is 6.03. The van der Waals surface area contributed by atoms with E-state index in [1.165, 1.54) is 7.11 Å². The molecule has 4 N–H and O–H groups in total. The van der Waals surface area contributed by atoms with Gasteiger partial charge >= 0.3 is 0 Å². The predicted octanol–water partition coefficient (Wildman–Crippen LogP) is 2.30. The number of aromatic nitrogens is 1. The zero-order chi connectivity index (χ0) is 19.2. The summed E-state index contributed by atoms with van der Waals surface area (Å²) in [5.74, 6) is 0.434. The highest BCUT2D eigenvalue weighted by Gasteiger charge is 2.24. The molecule has 7 nitrogen and oxygen atoms in total. The number of pyridine rings is 1. The van der Waals surface area contributed by atoms with Crippen molar-refractivity contribution in [3.8, 4) is 5.75 Å². The summed E-state index contributed by atoms with van der Waals surface area (Å²) in [6, 6.07) is 6.84.